The van der Waals surface area contributed by atoms with E-state index in [1.54, 1.807) is 24.3 Å². The van der Waals surface area contributed by atoms with Crippen molar-refractivity contribution in [2.24, 2.45) is 0 Å². The van der Waals surface area contributed by atoms with Crippen molar-refractivity contribution in [2.45, 2.75) is 27.3 Å². The minimum Gasteiger partial charge on any atom is -0.322 e. The van der Waals surface area contributed by atoms with Gasteiger partial charge in [-0.05, 0) is 79.4 Å². The summed E-state index contributed by atoms with van der Waals surface area (Å²) in [5.41, 5.74) is 5.92. The maximum absolute atomic E-state index is 12.6. The molecular formula is C24H26N2O3S. The van der Waals surface area contributed by atoms with Crippen molar-refractivity contribution in [2.75, 3.05) is 15.9 Å². The van der Waals surface area contributed by atoms with Gasteiger partial charge in [0, 0.05) is 11.3 Å². The fraction of sp³-hybridized carbons (Fsp3) is 0.208. The molecule has 3 rings (SSSR count). The van der Waals surface area contributed by atoms with Gasteiger partial charge in [0.2, 0.25) is 10.0 Å². The lowest BCUT2D eigenvalue weighted by Gasteiger charge is -2.23. The molecule has 30 heavy (non-hydrogen) atoms. The molecule has 0 fully saturated rings. The number of rotatable bonds is 6. The fourth-order valence-electron chi connectivity index (χ4n) is 3.14. The topological polar surface area (TPSA) is 66.5 Å². The summed E-state index contributed by atoms with van der Waals surface area (Å²) in [7, 11) is -3.49. The first-order chi connectivity index (χ1) is 14.1. The van der Waals surface area contributed by atoms with Crippen molar-refractivity contribution in [3.8, 4) is 0 Å². The summed E-state index contributed by atoms with van der Waals surface area (Å²) in [5, 5.41) is 2.88. The quantitative estimate of drug-likeness (QED) is 0.619. The van der Waals surface area contributed by atoms with E-state index in [0.29, 0.717) is 11.3 Å². The molecule has 6 heteroatoms. The Morgan fingerprint density at radius 2 is 1.53 bits per heavy atom. The van der Waals surface area contributed by atoms with Gasteiger partial charge < -0.3 is 5.32 Å². The molecule has 0 aliphatic rings. The Morgan fingerprint density at radius 1 is 0.867 bits per heavy atom. The minimum absolute atomic E-state index is 0.236. The summed E-state index contributed by atoms with van der Waals surface area (Å²) in [4.78, 5) is 12.6. The number of carbonyl (C=O) groups is 1. The third kappa shape index (κ3) is 5.07. The first kappa shape index (κ1) is 21.6. The lowest BCUT2D eigenvalue weighted by atomic mass is 10.1. The van der Waals surface area contributed by atoms with E-state index in [4.69, 9.17) is 0 Å². The number of amides is 1. The summed E-state index contributed by atoms with van der Waals surface area (Å²) in [6.07, 6.45) is 1.19. The first-order valence-electron chi connectivity index (χ1n) is 9.66. The van der Waals surface area contributed by atoms with Crippen molar-refractivity contribution in [3.63, 3.8) is 0 Å². The Balaban J connectivity index is 1.81. The van der Waals surface area contributed by atoms with Crippen molar-refractivity contribution < 1.29 is 13.2 Å². The highest BCUT2D eigenvalue weighted by molar-refractivity contribution is 7.92. The van der Waals surface area contributed by atoms with E-state index < -0.39 is 10.0 Å². The largest absolute Gasteiger partial charge is 0.322 e. The van der Waals surface area contributed by atoms with Gasteiger partial charge in [-0.15, -0.1) is 0 Å². The third-order valence-electron chi connectivity index (χ3n) is 5.16. The Morgan fingerprint density at radius 3 is 2.13 bits per heavy atom. The predicted molar refractivity (Wildman–Crippen MR) is 123 cm³/mol. The van der Waals surface area contributed by atoms with Gasteiger partial charge >= 0.3 is 0 Å². The number of nitrogens with one attached hydrogen (secondary N) is 1. The van der Waals surface area contributed by atoms with Gasteiger partial charge in [0.25, 0.3) is 5.91 Å². The highest BCUT2D eigenvalue weighted by atomic mass is 32.2. The van der Waals surface area contributed by atoms with Crippen LogP contribution >= 0.6 is 0 Å². The zero-order chi connectivity index (χ0) is 21.9. The van der Waals surface area contributed by atoms with E-state index in [1.165, 1.54) is 10.6 Å². The lowest BCUT2D eigenvalue weighted by molar-refractivity contribution is 0.102. The molecule has 156 valence electrons. The van der Waals surface area contributed by atoms with Crippen LogP contribution in [0.4, 0.5) is 11.4 Å². The number of hydrogen-bond donors (Lipinski definition) is 1. The second-order valence-corrected chi connectivity index (χ2v) is 9.40. The van der Waals surface area contributed by atoms with Crippen molar-refractivity contribution >= 4 is 27.3 Å². The summed E-state index contributed by atoms with van der Waals surface area (Å²) >= 11 is 0. The average Bonchev–Trinajstić information content (AvgIpc) is 2.69. The molecule has 0 aliphatic heterocycles. The van der Waals surface area contributed by atoms with E-state index in [0.717, 1.165) is 27.9 Å². The molecule has 0 spiro atoms. The Hall–Kier alpha value is -3.12. The Labute approximate surface area is 178 Å². The van der Waals surface area contributed by atoms with E-state index in [1.807, 2.05) is 63.2 Å². The predicted octanol–water partition coefficient (Wildman–Crippen LogP) is 4.83. The third-order valence-corrected chi connectivity index (χ3v) is 6.30. The molecule has 5 nitrogen and oxygen atoms in total. The van der Waals surface area contributed by atoms with Crippen molar-refractivity contribution in [3.05, 3.63) is 94.5 Å². The van der Waals surface area contributed by atoms with Crippen LogP contribution in [0.1, 0.15) is 32.6 Å². The first-order valence-corrected chi connectivity index (χ1v) is 11.5. The van der Waals surface area contributed by atoms with Gasteiger partial charge in [0.15, 0.2) is 0 Å². The van der Waals surface area contributed by atoms with Crippen LogP contribution in [0.5, 0.6) is 0 Å². The molecule has 1 N–H and O–H groups in total. The van der Waals surface area contributed by atoms with Gasteiger partial charge in [-0.1, -0.05) is 30.3 Å². The summed E-state index contributed by atoms with van der Waals surface area (Å²) in [5.74, 6) is -0.241. The van der Waals surface area contributed by atoms with Gasteiger partial charge in [0.1, 0.15) is 0 Å². The molecule has 0 bridgehead atoms. The Bertz CT molecular complexity index is 1170. The number of aryl methyl sites for hydroxylation is 3. The smallest absolute Gasteiger partial charge is 0.255 e. The minimum atomic E-state index is -3.49. The fourth-order valence-corrected chi connectivity index (χ4v) is 4.02. The van der Waals surface area contributed by atoms with Crippen LogP contribution in [0, 0.1) is 20.8 Å². The monoisotopic (exact) mass is 422 g/mol. The van der Waals surface area contributed by atoms with Crippen LogP contribution in [-0.2, 0) is 16.6 Å². The molecule has 0 atom stereocenters. The molecular weight excluding hydrogens is 396 g/mol. The van der Waals surface area contributed by atoms with E-state index >= 15 is 0 Å². The average molecular weight is 423 g/mol. The molecule has 0 aliphatic carbocycles. The standard InChI is InChI=1S/C24H26N2O3S/c1-17-9-12-22(15-19(17)3)25-24(27)20-10-13-23(14-11-20)26(30(4,28)29)16-21-8-6-5-7-18(21)2/h5-15H,16H2,1-4H3,(H,25,27). The van der Waals surface area contributed by atoms with Crippen LogP contribution in [0.2, 0.25) is 0 Å². The van der Waals surface area contributed by atoms with Crippen LogP contribution in [0.15, 0.2) is 66.7 Å². The molecule has 0 heterocycles. The molecule has 0 radical (unpaired) electrons. The van der Waals surface area contributed by atoms with E-state index in [9.17, 15) is 13.2 Å². The van der Waals surface area contributed by atoms with E-state index in [-0.39, 0.29) is 12.5 Å². The normalized spacial score (nSPS) is 11.2. The van der Waals surface area contributed by atoms with Crippen LogP contribution in [0.25, 0.3) is 0 Å². The number of sulfonamides is 1. The SMILES string of the molecule is Cc1ccc(NC(=O)c2ccc(N(Cc3ccccc3C)S(C)(=O)=O)cc2)cc1C. The molecule has 3 aromatic rings. The van der Waals surface area contributed by atoms with Gasteiger partial charge in [0.05, 0.1) is 18.5 Å². The number of benzene rings is 3. The van der Waals surface area contributed by atoms with Crippen LogP contribution in [-0.4, -0.2) is 20.6 Å². The molecule has 0 unspecified atom stereocenters. The highest BCUT2D eigenvalue weighted by Gasteiger charge is 2.19. The van der Waals surface area contributed by atoms with Crippen LogP contribution < -0.4 is 9.62 Å². The molecule has 1 amide bonds. The number of hydrogen-bond acceptors (Lipinski definition) is 3. The number of nitrogens with zero attached hydrogens (tertiary/aromatic N) is 1. The maximum Gasteiger partial charge on any atom is 0.255 e. The van der Waals surface area contributed by atoms with Gasteiger partial charge in [-0.25, -0.2) is 8.42 Å². The molecule has 3 aromatic carbocycles. The molecule has 0 aromatic heterocycles. The second kappa shape index (κ2) is 8.71. The lowest BCUT2D eigenvalue weighted by Crippen LogP contribution is -2.29. The number of anilines is 2. The van der Waals surface area contributed by atoms with Crippen molar-refractivity contribution in [1.82, 2.24) is 0 Å². The second-order valence-electron chi connectivity index (χ2n) is 7.50. The summed E-state index contributed by atoms with van der Waals surface area (Å²) < 4.78 is 26.2. The highest BCUT2D eigenvalue weighted by Crippen LogP contribution is 2.23. The van der Waals surface area contributed by atoms with Gasteiger partial charge in [-0.2, -0.15) is 0 Å². The van der Waals surface area contributed by atoms with Gasteiger partial charge in [-0.3, -0.25) is 9.10 Å². The Kier molecular flexibility index (Phi) is 6.27. The zero-order valence-electron chi connectivity index (χ0n) is 17.6. The van der Waals surface area contributed by atoms with Crippen LogP contribution in [0.3, 0.4) is 0 Å². The maximum atomic E-state index is 12.6. The summed E-state index contributed by atoms with van der Waals surface area (Å²) in [6.45, 7) is 6.20. The van der Waals surface area contributed by atoms with E-state index in [2.05, 4.69) is 5.32 Å². The molecule has 0 saturated carbocycles. The number of carbonyl (C=O) groups excluding carboxylic acids is 1. The zero-order valence-corrected chi connectivity index (χ0v) is 18.5. The summed E-state index contributed by atoms with van der Waals surface area (Å²) in [6, 6.07) is 20.0. The van der Waals surface area contributed by atoms with Crippen molar-refractivity contribution in [1.29, 1.82) is 0 Å². The molecule has 0 saturated heterocycles.